The van der Waals surface area contributed by atoms with Crippen molar-refractivity contribution >= 4 is 0 Å². The van der Waals surface area contributed by atoms with Gasteiger partial charge in [0.2, 0.25) is 0 Å². The first-order chi connectivity index (χ1) is 3.93. The molecule has 44 valence electrons. The number of hydrogen-bond donors (Lipinski definition) is 0. The van der Waals surface area contributed by atoms with E-state index in [9.17, 15) is 0 Å². The Labute approximate surface area is 50.0 Å². The smallest absolute Gasteiger partial charge is 0.0604 e. The van der Waals surface area contributed by atoms with Gasteiger partial charge in [0, 0.05) is 12.5 Å². The lowest BCUT2D eigenvalue weighted by molar-refractivity contribution is 0.192. The molecule has 0 aromatic heterocycles. The molecule has 0 amide bonds. The number of ether oxygens (including phenoxy) is 1. The maximum atomic E-state index is 5.11. The van der Waals surface area contributed by atoms with Crippen LogP contribution >= 0.6 is 0 Å². The van der Waals surface area contributed by atoms with Gasteiger partial charge in [-0.15, -0.1) is 5.92 Å². The van der Waals surface area contributed by atoms with Gasteiger partial charge >= 0.3 is 0 Å². The highest BCUT2D eigenvalue weighted by Crippen LogP contribution is 2.09. The van der Waals surface area contributed by atoms with E-state index in [1.54, 1.807) is 0 Å². The van der Waals surface area contributed by atoms with Crippen LogP contribution in [0.25, 0.3) is 0 Å². The van der Waals surface area contributed by atoms with Gasteiger partial charge in [-0.3, -0.25) is 0 Å². The molecule has 0 spiro atoms. The molecular weight excluding hydrogens is 100 g/mol. The molecule has 1 heteroatoms. The predicted octanol–water partition coefficient (Wildman–Crippen LogP) is 1.05. The van der Waals surface area contributed by atoms with Crippen molar-refractivity contribution in [3.63, 3.8) is 0 Å². The highest BCUT2D eigenvalue weighted by molar-refractivity contribution is 5.01. The molecule has 1 nitrogen and oxygen atoms in total. The molecule has 1 rings (SSSR count). The Balaban J connectivity index is 2.32. The Morgan fingerprint density at radius 2 is 2.50 bits per heavy atom. The van der Waals surface area contributed by atoms with Crippen LogP contribution in [0.4, 0.5) is 0 Å². The molecule has 0 bridgehead atoms. The normalized spacial score (nSPS) is 26.9. The number of hydrogen-bond acceptors (Lipinski definition) is 1. The van der Waals surface area contributed by atoms with Gasteiger partial charge < -0.3 is 4.74 Å². The molecule has 1 fully saturated rings. The number of rotatable bonds is 0. The van der Waals surface area contributed by atoms with E-state index in [2.05, 4.69) is 11.8 Å². The first kappa shape index (κ1) is 5.65. The molecule has 1 atom stereocenters. The molecular formula is C7H10O. The van der Waals surface area contributed by atoms with Crippen molar-refractivity contribution in [2.45, 2.75) is 13.3 Å². The van der Waals surface area contributed by atoms with Gasteiger partial charge in [-0.05, 0) is 13.3 Å². The van der Waals surface area contributed by atoms with E-state index in [-0.39, 0.29) is 0 Å². The largest absolute Gasteiger partial charge is 0.380 e. The molecule has 0 N–H and O–H groups in total. The lowest BCUT2D eigenvalue weighted by Crippen LogP contribution is -1.92. The standard InChI is InChI=1S/C7H10O/c1-2-3-7-4-5-8-6-7/h7H,4-6H2,1H3/t7-/m1/s1. The zero-order chi connectivity index (χ0) is 5.82. The monoisotopic (exact) mass is 110 g/mol. The van der Waals surface area contributed by atoms with E-state index in [0.29, 0.717) is 5.92 Å². The maximum Gasteiger partial charge on any atom is 0.0604 e. The van der Waals surface area contributed by atoms with Crippen LogP contribution in [0.2, 0.25) is 0 Å². The average molecular weight is 110 g/mol. The Bertz CT molecular complexity index is 112. The highest BCUT2D eigenvalue weighted by atomic mass is 16.5. The van der Waals surface area contributed by atoms with E-state index in [1.165, 1.54) is 0 Å². The molecule has 1 aliphatic heterocycles. The lowest BCUT2D eigenvalue weighted by atomic mass is 10.1. The topological polar surface area (TPSA) is 9.23 Å². The molecule has 1 aliphatic rings. The summed E-state index contributed by atoms with van der Waals surface area (Å²) in [4.78, 5) is 0. The predicted molar refractivity (Wildman–Crippen MR) is 32.4 cm³/mol. The van der Waals surface area contributed by atoms with Gasteiger partial charge in [0.1, 0.15) is 0 Å². The van der Waals surface area contributed by atoms with Gasteiger partial charge in [-0.1, -0.05) is 5.92 Å². The van der Waals surface area contributed by atoms with E-state index in [0.717, 1.165) is 19.6 Å². The quantitative estimate of drug-likeness (QED) is 0.423. The second-order valence-corrected chi connectivity index (χ2v) is 1.95. The second-order valence-electron chi connectivity index (χ2n) is 1.95. The lowest BCUT2D eigenvalue weighted by Gasteiger charge is -1.90. The zero-order valence-electron chi connectivity index (χ0n) is 5.11. The summed E-state index contributed by atoms with van der Waals surface area (Å²) < 4.78 is 5.11. The maximum absolute atomic E-state index is 5.11. The third-order valence-electron chi connectivity index (χ3n) is 1.28. The summed E-state index contributed by atoms with van der Waals surface area (Å²) in [7, 11) is 0. The van der Waals surface area contributed by atoms with E-state index >= 15 is 0 Å². The van der Waals surface area contributed by atoms with Crippen LogP contribution in [0.15, 0.2) is 0 Å². The van der Waals surface area contributed by atoms with Crippen LogP contribution in [0.5, 0.6) is 0 Å². The van der Waals surface area contributed by atoms with E-state index in [4.69, 9.17) is 4.74 Å². The van der Waals surface area contributed by atoms with Crippen molar-refractivity contribution in [1.29, 1.82) is 0 Å². The average Bonchev–Trinajstić information content (AvgIpc) is 2.19. The van der Waals surface area contributed by atoms with Crippen molar-refractivity contribution in [3.8, 4) is 11.8 Å². The molecule has 0 saturated carbocycles. The van der Waals surface area contributed by atoms with Gasteiger partial charge in [0.15, 0.2) is 0 Å². The summed E-state index contributed by atoms with van der Waals surface area (Å²) in [6.07, 6.45) is 1.13. The molecule has 0 aliphatic carbocycles. The Hall–Kier alpha value is -0.480. The first-order valence-corrected chi connectivity index (χ1v) is 2.93. The van der Waals surface area contributed by atoms with Gasteiger partial charge in [-0.2, -0.15) is 0 Å². The molecule has 0 aromatic rings. The van der Waals surface area contributed by atoms with Crippen LogP contribution in [0.3, 0.4) is 0 Å². The minimum Gasteiger partial charge on any atom is -0.380 e. The molecule has 1 saturated heterocycles. The third-order valence-corrected chi connectivity index (χ3v) is 1.28. The molecule has 1 heterocycles. The SMILES string of the molecule is CC#C[C@@H]1CCOC1. The highest BCUT2D eigenvalue weighted by Gasteiger charge is 2.11. The van der Waals surface area contributed by atoms with Crippen molar-refractivity contribution in [1.82, 2.24) is 0 Å². The van der Waals surface area contributed by atoms with Crippen LogP contribution in [0, 0.1) is 17.8 Å². The fraction of sp³-hybridized carbons (Fsp3) is 0.714. The summed E-state index contributed by atoms with van der Waals surface area (Å²) in [5.41, 5.74) is 0. The van der Waals surface area contributed by atoms with E-state index < -0.39 is 0 Å². The van der Waals surface area contributed by atoms with Crippen LogP contribution in [0.1, 0.15) is 13.3 Å². The fourth-order valence-corrected chi connectivity index (χ4v) is 0.852. The summed E-state index contributed by atoms with van der Waals surface area (Å²) in [5, 5.41) is 0. The molecule has 0 aromatic carbocycles. The minimum absolute atomic E-state index is 0.528. The fourth-order valence-electron chi connectivity index (χ4n) is 0.852. The Morgan fingerprint density at radius 1 is 1.62 bits per heavy atom. The molecule has 0 unspecified atom stereocenters. The molecule has 0 radical (unpaired) electrons. The minimum atomic E-state index is 0.528. The zero-order valence-corrected chi connectivity index (χ0v) is 5.11. The summed E-state index contributed by atoms with van der Waals surface area (Å²) in [5.74, 6) is 6.48. The summed E-state index contributed by atoms with van der Waals surface area (Å²) in [6, 6.07) is 0. The van der Waals surface area contributed by atoms with Gasteiger partial charge in [0.05, 0.1) is 6.61 Å². The summed E-state index contributed by atoms with van der Waals surface area (Å²) in [6.45, 7) is 3.62. The van der Waals surface area contributed by atoms with Crippen LogP contribution < -0.4 is 0 Å². The van der Waals surface area contributed by atoms with Crippen molar-refractivity contribution in [2.75, 3.05) is 13.2 Å². The van der Waals surface area contributed by atoms with Crippen molar-refractivity contribution < 1.29 is 4.74 Å². The Morgan fingerprint density at radius 3 is 3.00 bits per heavy atom. The summed E-state index contributed by atoms with van der Waals surface area (Å²) >= 11 is 0. The van der Waals surface area contributed by atoms with Crippen LogP contribution in [-0.2, 0) is 4.74 Å². The van der Waals surface area contributed by atoms with Gasteiger partial charge in [-0.25, -0.2) is 0 Å². The third kappa shape index (κ3) is 1.24. The van der Waals surface area contributed by atoms with Crippen molar-refractivity contribution in [3.05, 3.63) is 0 Å². The Kier molecular flexibility index (Phi) is 1.93. The first-order valence-electron chi connectivity index (χ1n) is 2.93. The second kappa shape index (κ2) is 2.74. The molecule has 8 heavy (non-hydrogen) atoms. The van der Waals surface area contributed by atoms with Gasteiger partial charge in [0.25, 0.3) is 0 Å². The van der Waals surface area contributed by atoms with Crippen molar-refractivity contribution in [2.24, 2.45) is 5.92 Å². The van der Waals surface area contributed by atoms with E-state index in [1.807, 2.05) is 6.92 Å². The van der Waals surface area contributed by atoms with Crippen LogP contribution in [-0.4, -0.2) is 13.2 Å².